The van der Waals surface area contributed by atoms with E-state index in [2.05, 4.69) is 23.9 Å². The molecular formula is C22H20N4OS. The SMILES string of the molecule is CC(C)c1ccc(/C=C2/C(=N)N3N=C(Cc4ccccc4)SC3=NC2=O)cc1. The normalized spacial score (nSPS) is 17.8. The molecule has 0 bridgehead atoms. The minimum atomic E-state index is -0.396. The smallest absolute Gasteiger partial charge is 0.282 e. The summed E-state index contributed by atoms with van der Waals surface area (Å²) in [4.78, 5) is 16.7. The Kier molecular flexibility index (Phi) is 4.96. The highest BCUT2D eigenvalue weighted by Gasteiger charge is 2.35. The molecule has 2 aliphatic rings. The Morgan fingerprint density at radius 3 is 2.50 bits per heavy atom. The maximum atomic E-state index is 12.5. The van der Waals surface area contributed by atoms with Crippen molar-refractivity contribution in [3.05, 3.63) is 76.9 Å². The summed E-state index contributed by atoms with van der Waals surface area (Å²) in [6.45, 7) is 4.28. The molecule has 0 atom stereocenters. The molecule has 4 rings (SSSR count). The molecule has 1 N–H and O–H groups in total. The maximum Gasteiger partial charge on any atom is 0.283 e. The molecule has 0 aliphatic carbocycles. The summed E-state index contributed by atoms with van der Waals surface area (Å²) in [5, 5.41) is 15.7. The van der Waals surface area contributed by atoms with Crippen LogP contribution in [0.4, 0.5) is 0 Å². The van der Waals surface area contributed by atoms with Crippen LogP contribution in [0.15, 0.2) is 70.3 Å². The van der Waals surface area contributed by atoms with Crippen LogP contribution in [0.25, 0.3) is 6.08 Å². The van der Waals surface area contributed by atoms with Gasteiger partial charge < -0.3 is 0 Å². The number of carbonyl (C=O) groups is 1. The topological polar surface area (TPSA) is 68.9 Å². The quantitative estimate of drug-likeness (QED) is 0.774. The number of amidine groups is 2. The van der Waals surface area contributed by atoms with Gasteiger partial charge in [-0.1, -0.05) is 68.4 Å². The van der Waals surface area contributed by atoms with E-state index in [-0.39, 0.29) is 11.4 Å². The van der Waals surface area contributed by atoms with Crippen molar-refractivity contribution in [3.63, 3.8) is 0 Å². The molecule has 2 aromatic carbocycles. The number of fused-ring (bicyclic) bond motifs is 1. The van der Waals surface area contributed by atoms with E-state index in [1.54, 1.807) is 6.08 Å². The summed E-state index contributed by atoms with van der Waals surface area (Å²) in [5.41, 5.74) is 3.49. The van der Waals surface area contributed by atoms with Gasteiger partial charge in [0.15, 0.2) is 5.84 Å². The molecule has 0 aromatic heterocycles. The standard InChI is InChI=1S/C22H20N4OS/c1-14(2)17-10-8-16(9-11-17)12-18-20(23)26-22(24-21(18)27)28-19(25-26)13-15-6-4-3-5-7-15/h3-12,14,23H,13H2,1-2H3/b18-12-,23-20?. The Balaban J connectivity index is 1.58. The number of benzene rings is 2. The summed E-state index contributed by atoms with van der Waals surface area (Å²) < 4.78 is 0. The number of amides is 1. The molecule has 2 aliphatic heterocycles. The molecule has 140 valence electrons. The monoisotopic (exact) mass is 388 g/mol. The summed E-state index contributed by atoms with van der Waals surface area (Å²) in [6.07, 6.45) is 2.36. The Labute approximate surface area is 168 Å². The Morgan fingerprint density at radius 1 is 1.11 bits per heavy atom. The van der Waals surface area contributed by atoms with Crippen LogP contribution in [-0.4, -0.2) is 27.0 Å². The molecular weight excluding hydrogens is 368 g/mol. The lowest BCUT2D eigenvalue weighted by molar-refractivity contribution is -0.114. The first-order valence-corrected chi connectivity index (χ1v) is 9.96. The predicted molar refractivity (Wildman–Crippen MR) is 116 cm³/mol. The maximum absolute atomic E-state index is 12.5. The number of nitrogens with one attached hydrogen (secondary N) is 1. The summed E-state index contributed by atoms with van der Waals surface area (Å²) in [5.74, 6) is 0.119. The minimum Gasteiger partial charge on any atom is -0.282 e. The van der Waals surface area contributed by atoms with Gasteiger partial charge in [-0.25, -0.2) is 0 Å². The van der Waals surface area contributed by atoms with Crippen molar-refractivity contribution >= 4 is 39.8 Å². The number of rotatable bonds is 4. The van der Waals surface area contributed by atoms with Crippen molar-refractivity contribution < 1.29 is 4.79 Å². The zero-order valence-electron chi connectivity index (χ0n) is 15.7. The van der Waals surface area contributed by atoms with Gasteiger partial charge in [0.1, 0.15) is 5.04 Å². The van der Waals surface area contributed by atoms with Gasteiger partial charge in [-0.15, -0.1) is 0 Å². The van der Waals surface area contributed by atoms with E-state index >= 15 is 0 Å². The fraction of sp³-hybridized carbons (Fsp3) is 0.182. The first kappa shape index (κ1) is 18.4. The van der Waals surface area contributed by atoms with Crippen LogP contribution in [0.1, 0.15) is 36.5 Å². The van der Waals surface area contributed by atoms with Crippen LogP contribution in [0, 0.1) is 5.41 Å². The Morgan fingerprint density at radius 2 is 1.82 bits per heavy atom. The number of aliphatic imine (C=N–C) groups is 1. The molecule has 2 heterocycles. The van der Waals surface area contributed by atoms with Gasteiger partial charge in [-0.3, -0.25) is 10.2 Å². The molecule has 0 saturated heterocycles. The van der Waals surface area contributed by atoms with Gasteiger partial charge in [0, 0.05) is 6.42 Å². The second kappa shape index (κ2) is 7.56. The van der Waals surface area contributed by atoms with Gasteiger partial charge in [-0.2, -0.15) is 15.1 Å². The van der Waals surface area contributed by atoms with Gasteiger partial charge in [-0.05, 0) is 40.4 Å². The van der Waals surface area contributed by atoms with E-state index in [1.165, 1.54) is 22.3 Å². The average Bonchev–Trinajstić information content (AvgIpc) is 3.08. The first-order valence-electron chi connectivity index (χ1n) is 9.14. The van der Waals surface area contributed by atoms with E-state index in [9.17, 15) is 4.79 Å². The van der Waals surface area contributed by atoms with E-state index in [1.807, 2.05) is 54.6 Å². The highest BCUT2D eigenvalue weighted by Crippen LogP contribution is 2.29. The molecule has 0 fully saturated rings. The summed E-state index contributed by atoms with van der Waals surface area (Å²) >= 11 is 1.35. The van der Waals surface area contributed by atoms with Crippen LogP contribution in [0.5, 0.6) is 0 Å². The van der Waals surface area contributed by atoms with E-state index < -0.39 is 5.91 Å². The Bertz CT molecular complexity index is 1020. The Hall–Kier alpha value is -2.99. The van der Waals surface area contributed by atoms with Crippen LogP contribution in [0.3, 0.4) is 0 Å². The number of carbonyl (C=O) groups excluding carboxylic acids is 1. The number of thioether (sulfide) groups is 1. The second-order valence-corrected chi connectivity index (χ2v) is 8.04. The third-order valence-electron chi connectivity index (χ3n) is 4.61. The number of hydrogen-bond donors (Lipinski definition) is 1. The van der Waals surface area contributed by atoms with Crippen molar-refractivity contribution in [1.82, 2.24) is 5.01 Å². The number of nitrogens with zero attached hydrogens (tertiary/aromatic N) is 3. The molecule has 28 heavy (non-hydrogen) atoms. The van der Waals surface area contributed by atoms with Crippen molar-refractivity contribution in [2.75, 3.05) is 0 Å². The van der Waals surface area contributed by atoms with Gasteiger partial charge in [0.05, 0.1) is 5.57 Å². The molecule has 0 radical (unpaired) electrons. The molecule has 5 nitrogen and oxygen atoms in total. The fourth-order valence-electron chi connectivity index (χ4n) is 3.02. The predicted octanol–water partition coefficient (Wildman–Crippen LogP) is 4.67. The van der Waals surface area contributed by atoms with Crippen LogP contribution in [-0.2, 0) is 11.2 Å². The highest BCUT2D eigenvalue weighted by molar-refractivity contribution is 8.26. The molecule has 0 spiro atoms. The largest absolute Gasteiger partial charge is 0.283 e. The van der Waals surface area contributed by atoms with Crippen molar-refractivity contribution in [1.29, 1.82) is 5.41 Å². The minimum absolute atomic E-state index is 0.0681. The second-order valence-electron chi connectivity index (χ2n) is 7.00. The molecule has 6 heteroatoms. The van der Waals surface area contributed by atoms with Crippen LogP contribution in [0.2, 0.25) is 0 Å². The van der Waals surface area contributed by atoms with E-state index in [4.69, 9.17) is 5.41 Å². The van der Waals surface area contributed by atoms with Crippen molar-refractivity contribution in [2.24, 2.45) is 10.1 Å². The third-order valence-corrected chi connectivity index (χ3v) is 5.52. The average molecular weight is 388 g/mol. The number of hydrazone groups is 1. The van der Waals surface area contributed by atoms with Crippen molar-refractivity contribution in [3.8, 4) is 0 Å². The molecule has 2 aromatic rings. The van der Waals surface area contributed by atoms with E-state index in [0.717, 1.165) is 16.2 Å². The molecule has 0 unspecified atom stereocenters. The van der Waals surface area contributed by atoms with Crippen molar-refractivity contribution in [2.45, 2.75) is 26.2 Å². The van der Waals surface area contributed by atoms with Gasteiger partial charge >= 0.3 is 0 Å². The first-order chi connectivity index (χ1) is 13.5. The lowest BCUT2D eigenvalue weighted by Gasteiger charge is -2.20. The third kappa shape index (κ3) is 3.68. The zero-order valence-corrected chi connectivity index (χ0v) is 16.5. The molecule has 0 saturated carbocycles. The van der Waals surface area contributed by atoms with Gasteiger partial charge in [0.2, 0.25) is 5.17 Å². The summed E-state index contributed by atoms with van der Waals surface area (Å²) in [7, 11) is 0. The number of hydrogen-bond acceptors (Lipinski definition) is 4. The fourth-order valence-corrected chi connectivity index (χ4v) is 3.94. The van der Waals surface area contributed by atoms with Crippen LogP contribution >= 0.6 is 11.8 Å². The summed E-state index contributed by atoms with van der Waals surface area (Å²) in [6, 6.07) is 18.0. The lowest BCUT2D eigenvalue weighted by Crippen LogP contribution is -2.35. The van der Waals surface area contributed by atoms with Gasteiger partial charge in [0.25, 0.3) is 5.91 Å². The zero-order chi connectivity index (χ0) is 19.7. The lowest BCUT2D eigenvalue weighted by atomic mass is 10.0. The van der Waals surface area contributed by atoms with Crippen LogP contribution < -0.4 is 0 Å². The molecule has 1 amide bonds. The highest BCUT2D eigenvalue weighted by atomic mass is 32.2. The van der Waals surface area contributed by atoms with E-state index in [0.29, 0.717) is 17.5 Å².